The van der Waals surface area contributed by atoms with Gasteiger partial charge in [-0.25, -0.2) is 0 Å². The Kier molecular flexibility index (Phi) is 13.5. The number of para-hydroxylation sites is 2. The van der Waals surface area contributed by atoms with Gasteiger partial charge in [0.1, 0.15) is 0 Å². The van der Waals surface area contributed by atoms with E-state index in [-0.39, 0.29) is 6.61 Å². The normalized spacial score (nSPS) is 8.21. The standard InChI is InChI=1S/C12H10N.C2H6O.2ClH.Ti/c1-3-7-11(8-4-1)13-12-9-5-2-6-10-12;1-2-3;;;/h1-10H;3H,2H2,1H3;2*1H;/q-1;;;;+2/p-2. The molecule has 0 radical (unpaired) electrons. The van der Waals surface area contributed by atoms with Crippen LogP contribution >= 0.6 is 18.6 Å². The van der Waals surface area contributed by atoms with Gasteiger partial charge in [-0.15, -0.1) is 11.4 Å². The summed E-state index contributed by atoms with van der Waals surface area (Å²) in [5.74, 6) is 0. The minimum atomic E-state index is -0.556. The van der Waals surface area contributed by atoms with Crippen LogP contribution in [0.5, 0.6) is 0 Å². The molecule has 0 amide bonds. The molecule has 19 heavy (non-hydrogen) atoms. The van der Waals surface area contributed by atoms with Crippen molar-refractivity contribution in [1.29, 1.82) is 0 Å². The molecule has 2 rings (SSSR count). The van der Waals surface area contributed by atoms with Gasteiger partial charge in [-0.05, 0) is 6.92 Å². The van der Waals surface area contributed by atoms with E-state index in [0.29, 0.717) is 0 Å². The van der Waals surface area contributed by atoms with Crippen LogP contribution in [0.15, 0.2) is 60.7 Å². The Balaban J connectivity index is 0.000000465. The van der Waals surface area contributed by atoms with E-state index in [2.05, 4.69) is 5.32 Å². The molecule has 0 aliphatic carbocycles. The summed E-state index contributed by atoms with van der Waals surface area (Å²) in [6.45, 7) is 1.93. The maximum atomic E-state index is 7.57. The fraction of sp³-hybridized carbons (Fsp3) is 0.143. The average molecular weight is 333 g/mol. The Labute approximate surface area is 131 Å². The zero-order valence-electron chi connectivity index (χ0n) is 10.6. The second-order valence-corrected chi connectivity index (χ2v) is 5.75. The number of rotatable bonds is 2. The second kappa shape index (κ2) is 13.9. The number of hydrogen-bond acceptors (Lipinski definition) is 1. The topological polar surface area (TPSA) is 34.3 Å². The van der Waals surface area contributed by atoms with Gasteiger partial charge < -0.3 is 10.4 Å². The summed E-state index contributed by atoms with van der Waals surface area (Å²) in [5.41, 5.74) is 1.99. The van der Waals surface area contributed by atoms with Crippen LogP contribution in [0.2, 0.25) is 0 Å². The van der Waals surface area contributed by atoms with Crippen molar-refractivity contribution >= 4 is 30.0 Å². The minimum Gasteiger partial charge on any atom is -0.658 e. The van der Waals surface area contributed by atoms with Gasteiger partial charge in [0.05, 0.1) is 0 Å². The van der Waals surface area contributed by atoms with Gasteiger partial charge in [-0.2, -0.15) is 0 Å². The van der Waals surface area contributed by atoms with E-state index in [9.17, 15) is 0 Å². The quantitative estimate of drug-likeness (QED) is 0.734. The largest absolute Gasteiger partial charge is 0.658 e. The third-order valence-electron chi connectivity index (χ3n) is 1.77. The van der Waals surface area contributed by atoms with Gasteiger partial charge in [0.15, 0.2) is 0 Å². The van der Waals surface area contributed by atoms with E-state index in [1.165, 1.54) is 0 Å². The molecular weight excluding hydrogens is 317 g/mol. The van der Waals surface area contributed by atoms with Crippen molar-refractivity contribution in [3.05, 3.63) is 66.0 Å². The van der Waals surface area contributed by atoms with Gasteiger partial charge in [0, 0.05) is 6.61 Å². The number of aliphatic hydroxyl groups excluding tert-OH is 1. The summed E-state index contributed by atoms with van der Waals surface area (Å²) in [7, 11) is 9.78. The zero-order chi connectivity index (χ0) is 14.3. The van der Waals surface area contributed by atoms with Crippen molar-refractivity contribution in [2.24, 2.45) is 0 Å². The summed E-state index contributed by atoms with van der Waals surface area (Å²) in [6.07, 6.45) is 0. The van der Waals surface area contributed by atoms with E-state index in [4.69, 9.17) is 23.7 Å². The Morgan fingerprint density at radius 2 is 1.16 bits per heavy atom. The third kappa shape index (κ3) is 11.1. The van der Waals surface area contributed by atoms with Crippen molar-refractivity contribution in [1.82, 2.24) is 0 Å². The Bertz CT molecular complexity index is 361. The number of nitrogens with zero attached hydrogens (tertiary/aromatic N) is 1. The van der Waals surface area contributed by atoms with Crippen LogP contribution in [-0.2, 0) is 17.0 Å². The zero-order valence-corrected chi connectivity index (χ0v) is 13.7. The summed E-state index contributed by atoms with van der Waals surface area (Å²) in [6, 6.07) is 19.9. The maximum Gasteiger partial charge on any atom is -0.0624 e. The van der Waals surface area contributed by atoms with Crippen molar-refractivity contribution in [3.8, 4) is 0 Å². The van der Waals surface area contributed by atoms with E-state index in [1.807, 2.05) is 60.7 Å². The van der Waals surface area contributed by atoms with Gasteiger partial charge in [0.2, 0.25) is 0 Å². The van der Waals surface area contributed by atoms with Gasteiger partial charge in [-0.3, -0.25) is 0 Å². The molecule has 2 nitrogen and oxygen atoms in total. The molecule has 0 heterocycles. The first-order valence-electron chi connectivity index (χ1n) is 5.67. The van der Waals surface area contributed by atoms with Crippen LogP contribution < -0.4 is 0 Å². The molecule has 0 saturated carbocycles. The molecule has 2 aromatic rings. The molecule has 0 bridgehead atoms. The SMILES string of the molecule is CCO.[Cl][Ti][Cl].c1ccc([N-]c2ccccc2)cc1. The molecule has 2 aromatic carbocycles. The predicted molar refractivity (Wildman–Crippen MR) is 80.0 cm³/mol. The predicted octanol–water partition coefficient (Wildman–Crippen LogP) is 5.40. The molecule has 0 aromatic heterocycles. The summed E-state index contributed by atoms with van der Waals surface area (Å²) >= 11 is -0.556. The van der Waals surface area contributed by atoms with Crippen LogP contribution in [-0.4, -0.2) is 11.7 Å². The van der Waals surface area contributed by atoms with E-state index >= 15 is 0 Å². The smallest absolute Gasteiger partial charge is 0.0624 e. The van der Waals surface area contributed by atoms with E-state index < -0.39 is 17.0 Å². The van der Waals surface area contributed by atoms with Crippen LogP contribution in [0.4, 0.5) is 11.4 Å². The van der Waals surface area contributed by atoms with Crippen LogP contribution in [0.25, 0.3) is 5.32 Å². The first-order chi connectivity index (χ1) is 9.28. The van der Waals surface area contributed by atoms with Gasteiger partial charge in [0.25, 0.3) is 0 Å². The summed E-state index contributed by atoms with van der Waals surface area (Å²) < 4.78 is 0. The molecule has 0 spiro atoms. The van der Waals surface area contributed by atoms with Crippen molar-refractivity contribution in [2.45, 2.75) is 6.92 Å². The molecule has 0 aliphatic heterocycles. The number of benzene rings is 2. The Morgan fingerprint density at radius 3 is 1.42 bits per heavy atom. The molecule has 102 valence electrons. The average Bonchev–Trinajstić information content (AvgIpc) is 2.43. The molecule has 0 atom stereocenters. The molecule has 5 heteroatoms. The van der Waals surface area contributed by atoms with Crippen LogP contribution in [0.3, 0.4) is 0 Å². The monoisotopic (exact) mass is 332 g/mol. The van der Waals surface area contributed by atoms with Crippen molar-refractivity contribution in [2.75, 3.05) is 6.61 Å². The minimum absolute atomic E-state index is 0.250. The third-order valence-corrected chi connectivity index (χ3v) is 1.77. The number of aliphatic hydroxyl groups is 1. The van der Waals surface area contributed by atoms with Crippen molar-refractivity contribution < 1.29 is 22.1 Å². The van der Waals surface area contributed by atoms with Gasteiger partial charge in [-0.1, -0.05) is 60.7 Å². The first-order valence-corrected chi connectivity index (χ1v) is 9.97. The molecule has 0 fully saturated rings. The summed E-state index contributed by atoms with van der Waals surface area (Å²) in [4.78, 5) is 0. The van der Waals surface area contributed by atoms with Gasteiger partial charge >= 0.3 is 35.6 Å². The van der Waals surface area contributed by atoms with Crippen LogP contribution in [0, 0.1) is 0 Å². The van der Waals surface area contributed by atoms with E-state index in [1.54, 1.807) is 6.92 Å². The fourth-order valence-electron chi connectivity index (χ4n) is 1.15. The molecule has 1 N–H and O–H groups in total. The molecule has 0 unspecified atom stereocenters. The molecular formula is C14H16Cl2NOTi-. The molecule has 0 aliphatic rings. The summed E-state index contributed by atoms with van der Waals surface area (Å²) in [5, 5.41) is 12.0. The first kappa shape index (κ1) is 18.5. The van der Waals surface area contributed by atoms with Crippen molar-refractivity contribution in [3.63, 3.8) is 0 Å². The maximum absolute atomic E-state index is 7.57. The van der Waals surface area contributed by atoms with E-state index in [0.717, 1.165) is 11.4 Å². The Morgan fingerprint density at radius 1 is 0.895 bits per heavy atom. The second-order valence-electron chi connectivity index (χ2n) is 3.17. The number of halogens is 2. The Hall–Kier alpha value is -0.506. The molecule has 0 saturated heterocycles. The fourth-order valence-corrected chi connectivity index (χ4v) is 1.15. The van der Waals surface area contributed by atoms with Crippen LogP contribution in [0.1, 0.15) is 6.92 Å². The number of hydrogen-bond donors (Lipinski definition) is 1.